The molecule has 0 unspecified atom stereocenters. The fourth-order valence-electron chi connectivity index (χ4n) is 3.93. The summed E-state index contributed by atoms with van der Waals surface area (Å²) in [6.07, 6.45) is 3.75. The van der Waals surface area contributed by atoms with E-state index in [0.29, 0.717) is 40.0 Å². The van der Waals surface area contributed by atoms with E-state index in [0.717, 1.165) is 31.7 Å². The summed E-state index contributed by atoms with van der Waals surface area (Å²) in [4.78, 5) is 11.3. The number of rotatable bonds is 10. The van der Waals surface area contributed by atoms with Crippen LogP contribution in [0.1, 0.15) is 19.8 Å². The largest absolute Gasteiger partial charge is 0.492 e. The van der Waals surface area contributed by atoms with Gasteiger partial charge in [0.15, 0.2) is 0 Å². The highest BCUT2D eigenvalue weighted by atomic mass is 79.9. The SMILES string of the molecule is CCOc1cc(OC2CCN(C)CC2)ccc1Nc1ncc(Br)c(Nc2ccccc2S(=O)(=O)NC)n1. The minimum atomic E-state index is -3.67. The van der Waals surface area contributed by atoms with Crippen molar-refractivity contribution in [2.24, 2.45) is 0 Å². The number of nitrogens with zero attached hydrogens (tertiary/aromatic N) is 3. The monoisotopic (exact) mass is 590 g/mol. The molecule has 198 valence electrons. The first-order chi connectivity index (χ1) is 17.8. The zero-order valence-electron chi connectivity index (χ0n) is 21.0. The van der Waals surface area contributed by atoms with Gasteiger partial charge in [0.05, 0.1) is 22.5 Å². The maximum atomic E-state index is 12.4. The van der Waals surface area contributed by atoms with Crippen molar-refractivity contribution in [1.82, 2.24) is 19.6 Å². The second-order valence-corrected chi connectivity index (χ2v) is 11.3. The smallest absolute Gasteiger partial charge is 0.242 e. The van der Waals surface area contributed by atoms with Crippen LogP contribution in [0.2, 0.25) is 0 Å². The topological polar surface area (TPSA) is 118 Å². The van der Waals surface area contributed by atoms with Gasteiger partial charge in [0.2, 0.25) is 16.0 Å². The predicted molar refractivity (Wildman–Crippen MR) is 148 cm³/mol. The van der Waals surface area contributed by atoms with E-state index in [4.69, 9.17) is 9.47 Å². The second-order valence-electron chi connectivity index (χ2n) is 8.56. The molecule has 1 aliphatic rings. The van der Waals surface area contributed by atoms with Gasteiger partial charge in [-0.05, 0) is 74.1 Å². The average Bonchev–Trinajstić information content (AvgIpc) is 2.89. The molecular formula is C25H31BrN6O4S. The molecule has 2 aromatic carbocycles. The van der Waals surface area contributed by atoms with E-state index in [-0.39, 0.29) is 11.0 Å². The Morgan fingerprint density at radius 2 is 1.86 bits per heavy atom. The molecule has 1 saturated heterocycles. The summed E-state index contributed by atoms with van der Waals surface area (Å²) in [6, 6.07) is 12.2. The molecule has 2 heterocycles. The number of anilines is 4. The molecule has 1 fully saturated rings. The van der Waals surface area contributed by atoms with E-state index in [1.807, 2.05) is 25.1 Å². The van der Waals surface area contributed by atoms with Gasteiger partial charge in [0, 0.05) is 25.4 Å². The van der Waals surface area contributed by atoms with Crippen LogP contribution in [-0.4, -0.2) is 63.2 Å². The molecule has 0 atom stereocenters. The number of sulfonamides is 1. The normalized spacial score (nSPS) is 14.8. The average molecular weight is 592 g/mol. The van der Waals surface area contributed by atoms with Gasteiger partial charge >= 0.3 is 0 Å². The molecule has 1 aliphatic heterocycles. The van der Waals surface area contributed by atoms with Crippen LogP contribution < -0.4 is 24.8 Å². The van der Waals surface area contributed by atoms with Crippen molar-refractivity contribution >= 4 is 49.1 Å². The Morgan fingerprint density at radius 1 is 1.11 bits per heavy atom. The number of likely N-dealkylation sites (tertiary alicyclic amines) is 1. The third-order valence-electron chi connectivity index (χ3n) is 5.91. The lowest BCUT2D eigenvalue weighted by molar-refractivity contribution is 0.114. The Morgan fingerprint density at radius 3 is 2.59 bits per heavy atom. The fourth-order valence-corrected chi connectivity index (χ4v) is 5.10. The van der Waals surface area contributed by atoms with Crippen LogP contribution in [0.15, 0.2) is 58.0 Å². The predicted octanol–water partition coefficient (Wildman–Crippen LogP) is 4.51. The summed E-state index contributed by atoms with van der Waals surface area (Å²) < 4.78 is 39.9. The van der Waals surface area contributed by atoms with Gasteiger partial charge in [-0.2, -0.15) is 4.98 Å². The van der Waals surface area contributed by atoms with E-state index < -0.39 is 10.0 Å². The van der Waals surface area contributed by atoms with Crippen LogP contribution >= 0.6 is 15.9 Å². The molecule has 10 nitrogen and oxygen atoms in total. The number of aromatic nitrogens is 2. The number of piperidine rings is 1. The van der Waals surface area contributed by atoms with E-state index in [2.05, 4.69) is 53.2 Å². The van der Waals surface area contributed by atoms with Crippen molar-refractivity contribution in [3.63, 3.8) is 0 Å². The molecule has 3 N–H and O–H groups in total. The lowest BCUT2D eigenvalue weighted by Gasteiger charge is -2.29. The van der Waals surface area contributed by atoms with Crippen LogP contribution in [0.4, 0.5) is 23.1 Å². The molecule has 3 aromatic rings. The molecule has 0 spiro atoms. The maximum Gasteiger partial charge on any atom is 0.242 e. The Balaban J connectivity index is 1.55. The Bertz CT molecular complexity index is 1330. The minimum Gasteiger partial charge on any atom is -0.492 e. The zero-order valence-corrected chi connectivity index (χ0v) is 23.4. The molecule has 37 heavy (non-hydrogen) atoms. The van der Waals surface area contributed by atoms with Gasteiger partial charge in [-0.25, -0.2) is 18.1 Å². The first kappa shape index (κ1) is 27.1. The van der Waals surface area contributed by atoms with Crippen molar-refractivity contribution in [1.29, 1.82) is 0 Å². The standard InChI is InChI=1S/C25H31BrN6O4S/c1-4-35-22-15-18(36-17-11-13-32(3)14-12-17)9-10-20(22)30-25-28-16-19(26)24(31-25)29-21-7-5-6-8-23(21)37(33,34)27-2/h5-10,15-17,27H,4,11-14H2,1-3H3,(H2,28,29,30,31). The van der Waals surface area contributed by atoms with Crippen LogP contribution in [0, 0.1) is 0 Å². The molecule has 0 aliphatic carbocycles. The minimum absolute atomic E-state index is 0.108. The number of ether oxygens (including phenoxy) is 2. The second kappa shape index (κ2) is 12.1. The van der Waals surface area contributed by atoms with E-state index in [1.54, 1.807) is 24.4 Å². The third kappa shape index (κ3) is 6.89. The van der Waals surface area contributed by atoms with Crippen molar-refractivity contribution in [2.75, 3.05) is 44.4 Å². The molecular weight excluding hydrogens is 560 g/mol. The first-order valence-electron chi connectivity index (χ1n) is 12.0. The maximum absolute atomic E-state index is 12.4. The summed E-state index contributed by atoms with van der Waals surface area (Å²) in [5.41, 5.74) is 1.07. The highest BCUT2D eigenvalue weighted by molar-refractivity contribution is 9.10. The molecule has 0 amide bonds. The third-order valence-corrected chi connectivity index (χ3v) is 7.96. The molecule has 12 heteroatoms. The number of halogens is 1. The van der Waals surface area contributed by atoms with E-state index in [9.17, 15) is 8.42 Å². The Hall–Kier alpha value is -2.93. The summed E-state index contributed by atoms with van der Waals surface area (Å²) in [7, 11) is -0.175. The van der Waals surface area contributed by atoms with E-state index >= 15 is 0 Å². The molecule has 1 aromatic heterocycles. The lowest BCUT2D eigenvalue weighted by Crippen LogP contribution is -2.35. The number of benzene rings is 2. The molecule has 0 bridgehead atoms. The summed E-state index contributed by atoms with van der Waals surface area (Å²) in [5.74, 6) is 2.09. The molecule has 4 rings (SSSR count). The highest BCUT2D eigenvalue weighted by Gasteiger charge is 2.20. The fraction of sp³-hybridized carbons (Fsp3) is 0.360. The van der Waals surface area contributed by atoms with Gasteiger partial charge in [0.1, 0.15) is 28.3 Å². The van der Waals surface area contributed by atoms with Crippen LogP contribution in [-0.2, 0) is 10.0 Å². The number of hydrogen-bond donors (Lipinski definition) is 3. The zero-order chi connectivity index (χ0) is 26.4. The Labute approximate surface area is 226 Å². The van der Waals surface area contributed by atoms with Crippen LogP contribution in [0.25, 0.3) is 0 Å². The lowest BCUT2D eigenvalue weighted by atomic mass is 10.1. The van der Waals surface area contributed by atoms with Gasteiger partial charge in [-0.3, -0.25) is 0 Å². The highest BCUT2D eigenvalue weighted by Crippen LogP contribution is 2.34. The van der Waals surface area contributed by atoms with Crippen molar-refractivity contribution in [2.45, 2.75) is 30.8 Å². The van der Waals surface area contributed by atoms with Gasteiger partial charge in [-0.15, -0.1) is 0 Å². The van der Waals surface area contributed by atoms with E-state index in [1.165, 1.54) is 13.1 Å². The molecule has 0 radical (unpaired) electrons. The van der Waals surface area contributed by atoms with Crippen molar-refractivity contribution in [3.8, 4) is 11.5 Å². The summed E-state index contributed by atoms with van der Waals surface area (Å²) in [5, 5.41) is 6.30. The van der Waals surface area contributed by atoms with Gasteiger partial charge in [0.25, 0.3) is 0 Å². The quantitative estimate of drug-likeness (QED) is 0.313. The van der Waals surface area contributed by atoms with Crippen molar-refractivity contribution in [3.05, 3.63) is 53.1 Å². The molecule has 0 saturated carbocycles. The summed E-state index contributed by atoms with van der Waals surface area (Å²) >= 11 is 3.44. The Kier molecular flexibility index (Phi) is 8.85. The van der Waals surface area contributed by atoms with Gasteiger partial charge < -0.3 is 25.0 Å². The first-order valence-corrected chi connectivity index (χ1v) is 14.3. The number of hydrogen-bond acceptors (Lipinski definition) is 9. The van der Waals surface area contributed by atoms with Crippen molar-refractivity contribution < 1.29 is 17.9 Å². The van der Waals surface area contributed by atoms with Crippen LogP contribution in [0.3, 0.4) is 0 Å². The number of para-hydroxylation sites is 1. The summed E-state index contributed by atoms with van der Waals surface area (Å²) in [6.45, 7) is 4.44. The van der Waals surface area contributed by atoms with Crippen LogP contribution in [0.5, 0.6) is 11.5 Å². The number of nitrogens with one attached hydrogen (secondary N) is 3. The van der Waals surface area contributed by atoms with Gasteiger partial charge in [-0.1, -0.05) is 12.1 Å².